The van der Waals surface area contributed by atoms with Crippen LogP contribution in [0.15, 0.2) is 77.7 Å². The van der Waals surface area contributed by atoms with Crippen LogP contribution >= 0.6 is 0 Å². The molecule has 2 heterocycles. The number of anilines is 3. The summed E-state index contributed by atoms with van der Waals surface area (Å²) in [7, 11) is -2.43. The molecular weight excluding hydrogens is 478 g/mol. The Labute approximate surface area is 211 Å². The fourth-order valence-corrected chi connectivity index (χ4v) is 6.05. The van der Waals surface area contributed by atoms with Gasteiger partial charge in [0.15, 0.2) is 6.10 Å². The lowest BCUT2D eigenvalue weighted by atomic mass is 10.1. The molecule has 1 atom stereocenters. The van der Waals surface area contributed by atoms with Crippen LogP contribution in [-0.4, -0.2) is 47.2 Å². The lowest BCUT2D eigenvalue weighted by molar-refractivity contribution is -0.122. The Hall–Kier alpha value is -3.72. The van der Waals surface area contributed by atoms with Crippen LogP contribution in [-0.2, 0) is 14.8 Å². The van der Waals surface area contributed by atoms with Gasteiger partial charge in [0.25, 0.3) is 15.9 Å². The fourth-order valence-electron chi connectivity index (χ4n) is 4.57. The smallest absolute Gasteiger partial charge is 0.267 e. The van der Waals surface area contributed by atoms with E-state index in [0.29, 0.717) is 22.9 Å². The Morgan fingerprint density at radius 3 is 2.33 bits per heavy atom. The van der Waals surface area contributed by atoms with Crippen molar-refractivity contribution < 1.29 is 22.7 Å². The van der Waals surface area contributed by atoms with Crippen molar-refractivity contribution in [1.82, 2.24) is 0 Å². The number of sulfonamides is 1. The third kappa shape index (κ3) is 4.83. The van der Waals surface area contributed by atoms with E-state index < -0.39 is 22.0 Å². The number of hydrogen-bond acceptors (Lipinski definition) is 6. The number of nitrogens with zero attached hydrogens (tertiary/aromatic N) is 2. The maximum absolute atomic E-state index is 13.6. The zero-order chi connectivity index (χ0) is 25.1. The average molecular weight is 508 g/mol. The monoisotopic (exact) mass is 507 g/mol. The van der Waals surface area contributed by atoms with Crippen molar-refractivity contribution >= 4 is 33.0 Å². The Bertz CT molecular complexity index is 1320. The maximum Gasteiger partial charge on any atom is 0.267 e. The fraction of sp³-hybridized carbons (Fsp3) is 0.296. The van der Waals surface area contributed by atoms with Gasteiger partial charge in [0.05, 0.1) is 24.2 Å². The number of benzene rings is 3. The van der Waals surface area contributed by atoms with E-state index in [1.807, 2.05) is 24.3 Å². The van der Waals surface area contributed by atoms with Crippen LogP contribution in [0.1, 0.15) is 19.3 Å². The maximum atomic E-state index is 13.6. The summed E-state index contributed by atoms with van der Waals surface area (Å²) >= 11 is 0. The van der Waals surface area contributed by atoms with E-state index >= 15 is 0 Å². The molecule has 5 rings (SSSR count). The van der Waals surface area contributed by atoms with Gasteiger partial charge in [-0.2, -0.15) is 0 Å². The molecule has 1 N–H and O–H groups in total. The average Bonchev–Trinajstić information content (AvgIpc) is 2.93. The first-order chi connectivity index (χ1) is 17.5. The molecule has 0 bridgehead atoms. The van der Waals surface area contributed by atoms with Gasteiger partial charge in [-0.05, 0) is 79.9 Å². The first kappa shape index (κ1) is 24.0. The number of fused-ring (bicyclic) bond motifs is 1. The number of ether oxygens (including phenoxy) is 2. The lowest BCUT2D eigenvalue weighted by Crippen LogP contribution is -2.48. The summed E-state index contributed by atoms with van der Waals surface area (Å²) in [6.07, 6.45) is 2.62. The molecular formula is C27H29N3O5S. The molecule has 0 radical (unpaired) electrons. The normalized spacial score (nSPS) is 17.6. The molecule has 0 aromatic heterocycles. The summed E-state index contributed by atoms with van der Waals surface area (Å²) in [4.78, 5) is 15.6. The predicted molar refractivity (Wildman–Crippen MR) is 140 cm³/mol. The SMILES string of the molecule is COc1ccc(S(=O)(=O)N2C[C@@H](C(=O)Nc3ccc(N4CCCCC4)cc3)Oc3ccccc32)cc1. The number of para-hydroxylation sites is 2. The second kappa shape index (κ2) is 10.1. The first-order valence-corrected chi connectivity index (χ1v) is 13.5. The number of nitrogens with one attached hydrogen (secondary N) is 1. The molecule has 188 valence electrons. The molecule has 1 amide bonds. The summed E-state index contributed by atoms with van der Waals surface area (Å²) < 4.78 is 39.4. The van der Waals surface area contributed by atoms with Crippen molar-refractivity contribution in [3.8, 4) is 11.5 Å². The van der Waals surface area contributed by atoms with Crippen LogP contribution in [0.5, 0.6) is 11.5 Å². The van der Waals surface area contributed by atoms with Gasteiger partial charge in [-0.1, -0.05) is 12.1 Å². The Morgan fingerprint density at radius 2 is 1.64 bits per heavy atom. The highest BCUT2D eigenvalue weighted by molar-refractivity contribution is 7.92. The van der Waals surface area contributed by atoms with Crippen LogP contribution in [0.4, 0.5) is 17.1 Å². The third-order valence-electron chi connectivity index (χ3n) is 6.53. The number of carbonyl (C=O) groups is 1. The molecule has 1 saturated heterocycles. The minimum Gasteiger partial charge on any atom is -0.497 e. The van der Waals surface area contributed by atoms with Crippen molar-refractivity contribution in [3.05, 3.63) is 72.8 Å². The van der Waals surface area contributed by atoms with E-state index in [0.717, 1.165) is 18.8 Å². The molecule has 8 nitrogen and oxygen atoms in total. The molecule has 1 fully saturated rings. The van der Waals surface area contributed by atoms with Gasteiger partial charge in [-0.15, -0.1) is 0 Å². The number of amides is 1. The van der Waals surface area contributed by atoms with Crippen molar-refractivity contribution in [2.75, 3.05) is 41.3 Å². The summed E-state index contributed by atoms with van der Waals surface area (Å²) in [5.74, 6) is 0.478. The van der Waals surface area contributed by atoms with Crippen molar-refractivity contribution in [2.24, 2.45) is 0 Å². The van der Waals surface area contributed by atoms with Crippen molar-refractivity contribution in [2.45, 2.75) is 30.3 Å². The number of rotatable bonds is 6. The molecule has 2 aliphatic heterocycles. The lowest BCUT2D eigenvalue weighted by Gasteiger charge is -2.34. The van der Waals surface area contributed by atoms with Crippen LogP contribution in [0.25, 0.3) is 0 Å². The van der Waals surface area contributed by atoms with E-state index in [1.165, 1.54) is 42.8 Å². The zero-order valence-electron chi connectivity index (χ0n) is 20.1. The van der Waals surface area contributed by atoms with Gasteiger partial charge in [0.1, 0.15) is 11.5 Å². The van der Waals surface area contributed by atoms with Gasteiger partial charge in [0, 0.05) is 24.5 Å². The second-order valence-electron chi connectivity index (χ2n) is 8.87. The summed E-state index contributed by atoms with van der Waals surface area (Å²) in [5, 5.41) is 2.88. The topological polar surface area (TPSA) is 88.2 Å². The van der Waals surface area contributed by atoms with E-state index in [4.69, 9.17) is 9.47 Å². The van der Waals surface area contributed by atoms with Gasteiger partial charge in [-0.3, -0.25) is 9.10 Å². The molecule has 2 aliphatic rings. The van der Waals surface area contributed by atoms with Crippen LogP contribution in [0.2, 0.25) is 0 Å². The molecule has 9 heteroatoms. The van der Waals surface area contributed by atoms with Crippen LogP contribution < -0.4 is 24.0 Å². The highest BCUT2D eigenvalue weighted by Gasteiger charge is 2.37. The zero-order valence-corrected chi connectivity index (χ0v) is 20.9. The second-order valence-corrected chi connectivity index (χ2v) is 10.7. The Kier molecular flexibility index (Phi) is 6.73. The highest BCUT2D eigenvalue weighted by Crippen LogP contribution is 2.37. The van der Waals surface area contributed by atoms with Gasteiger partial charge in [0.2, 0.25) is 0 Å². The van der Waals surface area contributed by atoms with E-state index in [1.54, 1.807) is 36.4 Å². The van der Waals surface area contributed by atoms with Crippen molar-refractivity contribution in [3.63, 3.8) is 0 Å². The Morgan fingerprint density at radius 1 is 0.944 bits per heavy atom. The molecule has 36 heavy (non-hydrogen) atoms. The number of hydrogen-bond donors (Lipinski definition) is 1. The summed E-state index contributed by atoms with van der Waals surface area (Å²) in [6.45, 7) is 1.93. The predicted octanol–water partition coefficient (Wildman–Crippen LogP) is 4.28. The number of piperidine rings is 1. The largest absolute Gasteiger partial charge is 0.497 e. The van der Waals surface area contributed by atoms with E-state index in [9.17, 15) is 13.2 Å². The number of methoxy groups -OCH3 is 1. The quantitative estimate of drug-likeness (QED) is 0.536. The molecule has 3 aromatic carbocycles. The van der Waals surface area contributed by atoms with Crippen LogP contribution in [0, 0.1) is 0 Å². The first-order valence-electron chi connectivity index (χ1n) is 12.0. The summed E-state index contributed by atoms with van der Waals surface area (Å²) in [6, 6.07) is 20.7. The minimum atomic E-state index is -3.95. The number of carbonyl (C=O) groups excluding carboxylic acids is 1. The third-order valence-corrected chi connectivity index (χ3v) is 8.32. The molecule has 3 aromatic rings. The molecule has 0 unspecified atom stereocenters. The molecule has 0 spiro atoms. The van der Waals surface area contributed by atoms with E-state index in [-0.39, 0.29) is 11.4 Å². The van der Waals surface area contributed by atoms with Gasteiger partial charge in [-0.25, -0.2) is 8.42 Å². The standard InChI is InChI=1S/C27H29N3O5S/c1-34-22-13-15-23(16-14-22)36(32,33)30-19-26(35-25-8-4-3-7-24(25)30)27(31)28-20-9-11-21(12-10-20)29-17-5-2-6-18-29/h3-4,7-16,26H,2,5-6,17-19H2,1H3,(H,28,31)/t26-/m0/s1. The van der Waals surface area contributed by atoms with Gasteiger partial charge < -0.3 is 19.7 Å². The molecule has 0 aliphatic carbocycles. The van der Waals surface area contributed by atoms with Crippen LogP contribution in [0.3, 0.4) is 0 Å². The molecule has 0 saturated carbocycles. The van der Waals surface area contributed by atoms with E-state index in [2.05, 4.69) is 10.2 Å². The highest BCUT2D eigenvalue weighted by atomic mass is 32.2. The van der Waals surface area contributed by atoms with Crippen molar-refractivity contribution in [1.29, 1.82) is 0 Å². The van der Waals surface area contributed by atoms with Gasteiger partial charge >= 0.3 is 0 Å². The Balaban J connectivity index is 1.35. The summed E-state index contributed by atoms with van der Waals surface area (Å²) in [5.41, 5.74) is 2.16. The minimum absolute atomic E-state index is 0.104.